The molecule has 0 radical (unpaired) electrons. The van der Waals surface area contributed by atoms with Gasteiger partial charge in [0, 0.05) is 25.0 Å². The third-order valence-electron chi connectivity index (χ3n) is 5.50. The molecule has 2 fully saturated rings. The number of benzene rings is 1. The number of likely N-dealkylation sites (tertiary alicyclic amines) is 2. The minimum atomic E-state index is 0.326. The monoisotopic (exact) mass is 330 g/mol. The summed E-state index contributed by atoms with van der Waals surface area (Å²) in [5, 5.41) is 0. The molecule has 132 valence electrons. The Morgan fingerprint density at radius 2 is 1.83 bits per heavy atom. The lowest BCUT2D eigenvalue weighted by Gasteiger charge is -2.33. The van der Waals surface area contributed by atoms with Crippen LogP contribution in [0.5, 0.6) is 5.75 Å². The van der Waals surface area contributed by atoms with Crippen LogP contribution >= 0.6 is 0 Å². The molecule has 2 atom stereocenters. The van der Waals surface area contributed by atoms with Gasteiger partial charge < -0.3 is 14.5 Å². The van der Waals surface area contributed by atoms with E-state index < -0.39 is 0 Å². The maximum Gasteiger partial charge on any atom is 0.223 e. The Morgan fingerprint density at radius 1 is 1.12 bits per heavy atom. The Hall–Kier alpha value is -1.55. The topological polar surface area (TPSA) is 32.8 Å². The van der Waals surface area contributed by atoms with Gasteiger partial charge in [0.15, 0.2) is 0 Å². The first-order valence-corrected chi connectivity index (χ1v) is 9.40. The zero-order chi connectivity index (χ0) is 16.9. The Labute approximate surface area is 145 Å². The Morgan fingerprint density at radius 3 is 2.50 bits per heavy atom. The van der Waals surface area contributed by atoms with Gasteiger partial charge >= 0.3 is 0 Å². The van der Waals surface area contributed by atoms with Gasteiger partial charge in [-0.25, -0.2) is 0 Å². The fourth-order valence-electron chi connectivity index (χ4n) is 4.24. The smallest absolute Gasteiger partial charge is 0.223 e. The number of ether oxygens (including phenoxy) is 1. The van der Waals surface area contributed by atoms with Gasteiger partial charge in [-0.15, -0.1) is 0 Å². The second-order valence-electron chi connectivity index (χ2n) is 7.06. The van der Waals surface area contributed by atoms with Gasteiger partial charge in [-0.2, -0.15) is 0 Å². The van der Waals surface area contributed by atoms with Crippen molar-refractivity contribution >= 4 is 5.91 Å². The normalized spacial score (nSPS) is 24.5. The summed E-state index contributed by atoms with van der Waals surface area (Å²) in [7, 11) is 2.21. The third-order valence-corrected chi connectivity index (χ3v) is 5.50. The Kier molecular flexibility index (Phi) is 5.77. The van der Waals surface area contributed by atoms with E-state index in [4.69, 9.17) is 4.74 Å². The summed E-state index contributed by atoms with van der Waals surface area (Å²) < 4.78 is 5.47. The molecule has 4 heteroatoms. The van der Waals surface area contributed by atoms with Gasteiger partial charge in [0.05, 0.1) is 6.61 Å². The van der Waals surface area contributed by atoms with E-state index in [2.05, 4.69) is 29.0 Å². The molecule has 2 aliphatic heterocycles. The molecule has 0 aromatic heterocycles. The van der Waals surface area contributed by atoms with Crippen molar-refractivity contribution in [2.24, 2.45) is 0 Å². The summed E-state index contributed by atoms with van der Waals surface area (Å²) in [5.74, 6) is 1.23. The molecule has 1 amide bonds. The van der Waals surface area contributed by atoms with Gasteiger partial charge in [0.2, 0.25) is 5.91 Å². The molecule has 4 nitrogen and oxygen atoms in total. The number of nitrogens with zero attached hydrogens (tertiary/aromatic N) is 2. The quantitative estimate of drug-likeness (QED) is 0.803. The molecule has 24 heavy (non-hydrogen) atoms. The van der Waals surface area contributed by atoms with Gasteiger partial charge in [0.1, 0.15) is 5.75 Å². The largest absolute Gasteiger partial charge is 0.494 e. The number of rotatable bonds is 6. The lowest BCUT2D eigenvalue weighted by molar-refractivity contribution is -0.132. The summed E-state index contributed by atoms with van der Waals surface area (Å²) in [6, 6.07) is 9.15. The molecule has 0 spiro atoms. The van der Waals surface area contributed by atoms with Crippen molar-refractivity contribution < 1.29 is 9.53 Å². The number of carbonyl (C=O) groups is 1. The summed E-state index contributed by atoms with van der Waals surface area (Å²) in [4.78, 5) is 17.4. The van der Waals surface area contributed by atoms with Crippen LogP contribution in [-0.2, 0) is 11.2 Å². The predicted molar refractivity (Wildman–Crippen MR) is 96.3 cm³/mol. The van der Waals surface area contributed by atoms with Gasteiger partial charge in [-0.05, 0) is 70.3 Å². The van der Waals surface area contributed by atoms with Gasteiger partial charge in [-0.3, -0.25) is 4.79 Å². The molecule has 2 aliphatic rings. The van der Waals surface area contributed by atoms with E-state index in [9.17, 15) is 4.79 Å². The van der Waals surface area contributed by atoms with E-state index in [1.807, 2.05) is 19.1 Å². The highest BCUT2D eigenvalue weighted by atomic mass is 16.5. The first-order valence-electron chi connectivity index (χ1n) is 9.40. The first kappa shape index (κ1) is 17.3. The molecule has 1 aromatic carbocycles. The average molecular weight is 330 g/mol. The number of aryl methyl sites for hydroxylation is 1. The minimum absolute atomic E-state index is 0.326. The Bertz CT molecular complexity index is 543. The van der Waals surface area contributed by atoms with Gasteiger partial charge in [-0.1, -0.05) is 12.1 Å². The molecule has 0 N–H and O–H groups in total. The van der Waals surface area contributed by atoms with Crippen LogP contribution < -0.4 is 4.74 Å². The molecule has 2 saturated heterocycles. The summed E-state index contributed by atoms with van der Waals surface area (Å²) >= 11 is 0. The molecular weight excluding hydrogens is 300 g/mol. The van der Waals surface area contributed by atoms with E-state index in [-0.39, 0.29) is 0 Å². The molecule has 1 aromatic rings. The molecule has 2 heterocycles. The fourth-order valence-corrected chi connectivity index (χ4v) is 4.24. The van der Waals surface area contributed by atoms with E-state index in [0.29, 0.717) is 31.0 Å². The standard InChI is InChI=1S/C20H30N2O2/c1-3-24-17-11-8-16(9-12-17)10-13-20(23)22-15-5-7-19(22)18-6-4-14-21(18)2/h8-9,11-12,18-19H,3-7,10,13-15H2,1-2H3. The summed E-state index contributed by atoms with van der Waals surface area (Å²) in [6.45, 7) is 4.79. The molecule has 0 bridgehead atoms. The van der Waals surface area contributed by atoms with Crippen molar-refractivity contribution in [2.45, 2.75) is 57.5 Å². The van der Waals surface area contributed by atoms with Gasteiger partial charge in [0.25, 0.3) is 0 Å². The van der Waals surface area contributed by atoms with Crippen molar-refractivity contribution in [3.05, 3.63) is 29.8 Å². The highest BCUT2D eigenvalue weighted by molar-refractivity contribution is 5.77. The number of carbonyl (C=O) groups excluding carboxylic acids is 1. The zero-order valence-electron chi connectivity index (χ0n) is 15.0. The van der Waals surface area contributed by atoms with E-state index >= 15 is 0 Å². The van der Waals surface area contributed by atoms with Crippen LogP contribution in [-0.4, -0.2) is 54.5 Å². The highest BCUT2D eigenvalue weighted by Gasteiger charge is 2.37. The van der Waals surface area contributed by atoms with Crippen LogP contribution in [0, 0.1) is 0 Å². The number of hydrogen-bond donors (Lipinski definition) is 0. The van der Waals surface area contributed by atoms with Crippen LogP contribution in [0.25, 0.3) is 0 Å². The van der Waals surface area contributed by atoms with Crippen LogP contribution in [0.15, 0.2) is 24.3 Å². The molecule has 0 saturated carbocycles. The maximum absolute atomic E-state index is 12.7. The van der Waals surface area contributed by atoms with Crippen LogP contribution in [0.2, 0.25) is 0 Å². The zero-order valence-corrected chi connectivity index (χ0v) is 15.0. The van der Waals surface area contributed by atoms with Crippen molar-refractivity contribution in [3.63, 3.8) is 0 Å². The summed E-state index contributed by atoms with van der Waals surface area (Å²) in [5.41, 5.74) is 1.21. The number of likely N-dealkylation sites (N-methyl/N-ethyl adjacent to an activating group) is 1. The lowest BCUT2D eigenvalue weighted by Crippen LogP contribution is -2.47. The second-order valence-corrected chi connectivity index (χ2v) is 7.06. The van der Waals surface area contributed by atoms with Crippen molar-refractivity contribution in [1.29, 1.82) is 0 Å². The van der Waals surface area contributed by atoms with Crippen LogP contribution in [0.4, 0.5) is 0 Å². The SMILES string of the molecule is CCOc1ccc(CCC(=O)N2CCCC2C2CCCN2C)cc1. The van der Waals surface area contributed by atoms with E-state index in [1.165, 1.54) is 31.4 Å². The second kappa shape index (κ2) is 8.02. The number of amides is 1. The fraction of sp³-hybridized carbons (Fsp3) is 0.650. The first-order chi connectivity index (χ1) is 11.7. The van der Waals surface area contributed by atoms with Crippen molar-refractivity contribution in [1.82, 2.24) is 9.80 Å². The average Bonchev–Trinajstić information content (AvgIpc) is 3.22. The minimum Gasteiger partial charge on any atom is -0.494 e. The highest BCUT2D eigenvalue weighted by Crippen LogP contribution is 2.29. The molecular formula is C20H30N2O2. The Balaban J connectivity index is 1.54. The van der Waals surface area contributed by atoms with Crippen LogP contribution in [0.3, 0.4) is 0 Å². The molecule has 2 unspecified atom stereocenters. The lowest BCUT2D eigenvalue weighted by atomic mass is 10.0. The summed E-state index contributed by atoms with van der Waals surface area (Å²) in [6.07, 6.45) is 6.26. The molecule has 0 aliphatic carbocycles. The maximum atomic E-state index is 12.7. The third kappa shape index (κ3) is 3.92. The van der Waals surface area contributed by atoms with Crippen molar-refractivity contribution in [2.75, 3.05) is 26.7 Å². The van der Waals surface area contributed by atoms with E-state index in [0.717, 1.165) is 25.1 Å². The molecule has 3 rings (SSSR count). The number of hydrogen-bond acceptors (Lipinski definition) is 3. The van der Waals surface area contributed by atoms with Crippen LogP contribution in [0.1, 0.15) is 44.6 Å². The van der Waals surface area contributed by atoms with Crippen molar-refractivity contribution in [3.8, 4) is 5.75 Å². The van der Waals surface area contributed by atoms with E-state index in [1.54, 1.807) is 0 Å². The predicted octanol–water partition coefficient (Wildman–Crippen LogP) is 3.10.